The highest BCUT2D eigenvalue weighted by atomic mass is 16.5. The summed E-state index contributed by atoms with van der Waals surface area (Å²) in [5, 5.41) is 3.11. The van der Waals surface area contributed by atoms with Crippen LogP contribution in [0.25, 0.3) is 0 Å². The second-order valence-corrected chi connectivity index (χ2v) is 6.76. The van der Waals surface area contributed by atoms with Gasteiger partial charge < -0.3 is 19.9 Å². The number of piperazine rings is 1. The van der Waals surface area contributed by atoms with Crippen LogP contribution in [0.3, 0.4) is 0 Å². The molecule has 144 valence electrons. The Kier molecular flexibility index (Phi) is 6.46. The normalized spacial score (nSPS) is 15.3. The molecular weight excluding hydrogens is 342 g/mol. The highest BCUT2D eigenvalue weighted by molar-refractivity contribution is 5.74. The van der Waals surface area contributed by atoms with Gasteiger partial charge in [0.15, 0.2) is 0 Å². The highest BCUT2D eigenvalue weighted by Crippen LogP contribution is 2.14. The monoisotopic (exact) mass is 369 g/mol. The van der Waals surface area contributed by atoms with Crippen LogP contribution in [-0.2, 0) is 6.42 Å². The maximum atomic E-state index is 12.5. The van der Waals surface area contributed by atoms with Gasteiger partial charge >= 0.3 is 6.03 Å². The Labute approximate surface area is 160 Å². The zero-order valence-electron chi connectivity index (χ0n) is 16.0. The summed E-state index contributed by atoms with van der Waals surface area (Å²) in [5.41, 5.74) is 1.24. The summed E-state index contributed by atoms with van der Waals surface area (Å²) in [7, 11) is 1.67. The number of carbonyl (C=O) groups excluding carboxylic acids is 1. The van der Waals surface area contributed by atoms with E-state index >= 15 is 0 Å². The Morgan fingerprint density at radius 2 is 1.81 bits per heavy atom. The number of hydrogen-bond acceptors (Lipinski definition) is 5. The number of aryl methyl sites for hydroxylation is 1. The molecule has 1 aliphatic rings. The summed E-state index contributed by atoms with van der Waals surface area (Å²) in [4.78, 5) is 25.0. The van der Waals surface area contributed by atoms with Gasteiger partial charge in [0.2, 0.25) is 5.95 Å². The van der Waals surface area contributed by atoms with Crippen LogP contribution in [0.15, 0.2) is 42.7 Å². The summed E-state index contributed by atoms with van der Waals surface area (Å²) in [6.07, 6.45) is 5.30. The van der Waals surface area contributed by atoms with Crippen LogP contribution in [0.4, 0.5) is 10.7 Å². The molecule has 1 saturated heterocycles. The number of carbonyl (C=O) groups is 1. The number of nitrogens with zero attached hydrogens (tertiary/aromatic N) is 4. The molecule has 1 aromatic heterocycles. The van der Waals surface area contributed by atoms with E-state index in [-0.39, 0.29) is 12.1 Å². The molecule has 2 heterocycles. The Balaban J connectivity index is 1.40. The van der Waals surface area contributed by atoms with Crippen molar-refractivity contribution in [2.24, 2.45) is 0 Å². The minimum atomic E-state index is 0.00543. The maximum absolute atomic E-state index is 12.5. The van der Waals surface area contributed by atoms with Gasteiger partial charge in [-0.1, -0.05) is 12.1 Å². The first-order valence-electron chi connectivity index (χ1n) is 9.36. The predicted molar refractivity (Wildman–Crippen MR) is 105 cm³/mol. The van der Waals surface area contributed by atoms with E-state index in [0.29, 0.717) is 13.1 Å². The van der Waals surface area contributed by atoms with Crippen LogP contribution >= 0.6 is 0 Å². The van der Waals surface area contributed by atoms with Crippen LogP contribution in [0.5, 0.6) is 5.75 Å². The van der Waals surface area contributed by atoms with Crippen LogP contribution in [0.2, 0.25) is 0 Å². The van der Waals surface area contributed by atoms with Crippen LogP contribution < -0.4 is 15.0 Å². The van der Waals surface area contributed by atoms with Crippen molar-refractivity contribution < 1.29 is 9.53 Å². The number of aromatic nitrogens is 2. The number of benzene rings is 1. The van der Waals surface area contributed by atoms with Gasteiger partial charge in [0.25, 0.3) is 0 Å². The Morgan fingerprint density at radius 1 is 1.15 bits per heavy atom. The van der Waals surface area contributed by atoms with Gasteiger partial charge in [-0.15, -0.1) is 0 Å². The summed E-state index contributed by atoms with van der Waals surface area (Å²) in [5.74, 6) is 1.59. The summed E-state index contributed by atoms with van der Waals surface area (Å²) in [6.45, 7) is 4.90. The average Bonchev–Trinajstić information content (AvgIpc) is 2.73. The molecule has 7 nitrogen and oxygen atoms in total. The number of anilines is 1. The van der Waals surface area contributed by atoms with E-state index in [2.05, 4.69) is 39.2 Å². The molecule has 7 heteroatoms. The molecule has 1 fully saturated rings. The fourth-order valence-corrected chi connectivity index (χ4v) is 3.11. The number of ether oxygens (including phenoxy) is 1. The fraction of sp³-hybridized carbons (Fsp3) is 0.450. The first-order valence-corrected chi connectivity index (χ1v) is 9.36. The Bertz CT molecular complexity index is 715. The number of amides is 2. The van der Waals surface area contributed by atoms with Gasteiger partial charge in [-0.2, -0.15) is 0 Å². The van der Waals surface area contributed by atoms with Crippen LogP contribution in [0.1, 0.15) is 18.9 Å². The first kappa shape index (κ1) is 18.9. The molecule has 27 heavy (non-hydrogen) atoms. The van der Waals surface area contributed by atoms with Gasteiger partial charge in [-0.3, -0.25) is 0 Å². The summed E-state index contributed by atoms with van der Waals surface area (Å²) < 4.78 is 5.18. The number of rotatable bonds is 6. The maximum Gasteiger partial charge on any atom is 0.317 e. The quantitative estimate of drug-likeness (QED) is 0.846. The second-order valence-electron chi connectivity index (χ2n) is 6.76. The third-order valence-electron chi connectivity index (χ3n) is 4.80. The molecule has 2 amide bonds. The molecule has 3 rings (SSSR count). The topological polar surface area (TPSA) is 70.6 Å². The van der Waals surface area contributed by atoms with Crippen molar-refractivity contribution in [3.8, 4) is 5.75 Å². The lowest BCUT2D eigenvalue weighted by Gasteiger charge is -2.35. The highest BCUT2D eigenvalue weighted by Gasteiger charge is 2.23. The van der Waals surface area contributed by atoms with Gasteiger partial charge in [0.1, 0.15) is 5.75 Å². The molecule has 1 N–H and O–H groups in total. The van der Waals surface area contributed by atoms with Gasteiger partial charge in [0, 0.05) is 44.6 Å². The zero-order chi connectivity index (χ0) is 19.1. The van der Waals surface area contributed by atoms with Crippen LogP contribution in [-0.4, -0.2) is 60.2 Å². The lowest BCUT2D eigenvalue weighted by atomic mass is 10.1. The SMILES string of the molecule is COc1ccc(CCC(C)NC(=O)N2CCN(c3ncccn3)CC2)cc1. The molecule has 0 radical (unpaired) electrons. The van der Waals surface area contributed by atoms with Gasteiger partial charge in [-0.25, -0.2) is 14.8 Å². The van der Waals surface area contributed by atoms with E-state index < -0.39 is 0 Å². The van der Waals surface area contributed by atoms with Crippen molar-refractivity contribution in [2.75, 3.05) is 38.2 Å². The molecule has 1 unspecified atom stereocenters. The molecule has 0 saturated carbocycles. The Hall–Kier alpha value is -2.83. The lowest BCUT2D eigenvalue weighted by Crippen LogP contribution is -2.53. The number of methoxy groups -OCH3 is 1. The molecule has 0 aliphatic carbocycles. The van der Waals surface area contributed by atoms with Crippen molar-refractivity contribution in [1.29, 1.82) is 0 Å². The minimum absolute atomic E-state index is 0.00543. The predicted octanol–water partition coefficient (Wildman–Crippen LogP) is 2.34. The third kappa shape index (κ3) is 5.32. The summed E-state index contributed by atoms with van der Waals surface area (Å²) in [6, 6.07) is 10.0. The second kappa shape index (κ2) is 9.21. The summed E-state index contributed by atoms with van der Waals surface area (Å²) >= 11 is 0. The number of urea groups is 1. The van der Waals surface area contributed by atoms with E-state index in [1.807, 2.05) is 17.0 Å². The number of hydrogen-bond donors (Lipinski definition) is 1. The fourth-order valence-electron chi connectivity index (χ4n) is 3.11. The van der Waals surface area contributed by atoms with E-state index in [9.17, 15) is 4.79 Å². The molecule has 1 aliphatic heterocycles. The van der Waals surface area contributed by atoms with Gasteiger partial charge in [-0.05, 0) is 43.5 Å². The average molecular weight is 369 g/mol. The molecule has 0 bridgehead atoms. The van der Waals surface area contributed by atoms with Crippen LogP contribution in [0, 0.1) is 0 Å². The lowest BCUT2D eigenvalue weighted by molar-refractivity contribution is 0.190. The van der Waals surface area contributed by atoms with Crippen molar-refractivity contribution >= 4 is 12.0 Å². The Morgan fingerprint density at radius 3 is 2.44 bits per heavy atom. The molecular formula is C20H27N5O2. The van der Waals surface area contributed by atoms with Crippen molar-refractivity contribution in [3.05, 3.63) is 48.3 Å². The smallest absolute Gasteiger partial charge is 0.317 e. The molecule has 0 spiro atoms. The van der Waals surface area contributed by atoms with E-state index in [1.165, 1.54) is 5.56 Å². The van der Waals surface area contributed by atoms with Gasteiger partial charge in [0.05, 0.1) is 7.11 Å². The minimum Gasteiger partial charge on any atom is -0.497 e. The molecule has 1 aromatic carbocycles. The largest absolute Gasteiger partial charge is 0.497 e. The molecule has 2 aromatic rings. The first-order chi connectivity index (χ1) is 13.2. The third-order valence-corrected chi connectivity index (χ3v) is 4.80. The molecule has 1 atom stereocenters. The van der Waals surface area contributed by atoms with Crippen molar-refractivity contribution in [3.63, 3.8) is 0 Å². The standard InChI is InChI=1S/C20H27N5O2/c1-16(4-5-17-6-8-18(27-2)9-7-17)23-20(26)25-14-12-24(13-15-25)19-21-10-3-11-22-19/h3,6-11,16H,4-5,12-15H2,1-2H3,(H,23,26). The zero-order valence-corrected chi connectivity index (χ0v) is 16.0. The van der Waals surface area contributed by atoms with Crippen molar-refractivity contribution in [2.45, 2.75) is 25.8 Å². The number of nitrogens with one attached hydrogen (secondary N) is 1. The van der Waals surface area contributed by atoms with Crippen molar-refractivity contribution in [1.82, 2.24) is 20.2 Å². The van der Waals surface area contributed by atoms with E-state index in [1.54, 1.807) is 25.6 Å². The van der Waals surface area contributed by atoms with E-state index in [0.717, 1.165) is 37.6 Å². The van der Waals surface area contributed by atoms with E-state index in [4.69, 9.17) is 4.74 Å².